The van der Waals surface area contributed by atoms with Gasteiger partial charge in [-0.25, -0.2) is 0 Å². The van der Waals surface area contributed by atoms with Gasteiger partial charge in [0, 0.05) is 24.5 Å². The Bertz CT molecular complexity index is 725. The Balaban J connectivity index is 1.39. The highest BCUT2D eigenvalue weighted by Gasteiger charge is 2.19. The van der Waals surface area contributed by atoms with Gasteiger partial charge in [0.1, 0.15) is 5.75 Å². The largest absolute Gasteiger partial charge is 0.497 e. The molecule has 0 saturated carbocycles. The van der Waals surface area contributed by atoms with Crippen molar-refractivity contribution in [2.24, 2.45) is 5.92 Å². The van der Waals surface area contributed by atoms with Crippen LogP contribution in [0.1, 0.15) is 23.3 Å². The molecular formula is C22H28N2O2S. The Hall–Kier alpha value is -2.11. The smallest absolute Gasteiger partial charge is 0.225 e. The van der Waals surface area contributed by atoms with Gasteiger partial charge in [0.25, 0.3) is 0 Å². The van der Waals surface area contributed by atoms with Crippen molar-refractivity contribution < 1.29 is 9.53 Å². The van der Waals surface area contributed by atoms with E-state index in [1.165, 1.54) is 18.4 Å². The summed E-state index contributed by atoms with van der Waals surface area (Å²) in [5.74, 6) is 1.56. The van der Waals surface area contributed by atoms with Gasteiger partial charge in [0.05, 0.1) is 13.5 Å². The number of carbonyl (C=O) groups is 1. The predicted octanol–water partition coefficient (Wildman–Crippen LogP) is 3.84. The number of carbonyl (C=O) groups excluding carboxylic acids is 1. The molecule has 1 atom stereocenters. The first-order valence-corrected chi connectivity index (χ1v) is 10.4. The minimum Gasteiger partial charge on any atom is -0.497 e. The SMILES string of the molecule is COc1ccc(/C=C/CN2CCCC(CNC(=O)Cc3cccs3)C2)cc1. The van der Waals surface area contributed by atoms with Crippen molar-refractivity contribution in [3.8, 4) is 5.75 Å². The highest BCUT2D eigenvalue weighted by molar-refractivity contribution is 7.10. The Morgan fingerprint density at radius 2 is 2.19 bits per heavy atom. The molecule has 1 fully saturated rings. The molecular weight excluding hydrogens is 356 g/mol. The number of methoxy groups -OCH3 is 1. The maximum Gasteiger partial charge on any atom is 0.225 e. The van der Waals surface area contributed by atoms with E-state index in [2.05, 4.69) is 34.5 Å². The summed E-state index contributed by atoms with van der Waals surface area (Å²) in [5, 5.41) is 5.13. The molecule has 27 heavy (non-hydrogen) atoms. The van der Waals surface area contributed by atoms with Gasteiger partial charge in [-0.15, -0.1) is 11.3 Å². The van der Waals surface area contributed by atoms with Crippen LogP contribution in [0.2, 0.25) is 0 Å². The molecule has 1 saturated heterocycles. The highest BCUT2D eigenvalue weighted by Crippen LogP contribution is 2.17. The summed E-state index contributed by atoms with van der Waals surface area (Å²) in [5.41, 5.74) is 1.19. The third kappa shape index (κ3) is 6.52. The van der Waals surface area contributed by atoms with Crippen molar-refractivity contribution in [2.75, 3.05) is 33.3 Å². The quantitative estimate of drug-likeness (QED) is 0.752. The van der Waals surface area contributed by atoms with Gasteiger partial charge in [-0.2, -0.15) is 0 Å². The number of amides is 1. The van der Waals surface area contributed by atoms with E-state index >= 15 is 0 Å². The summed E-state index contributed by atoms with van der Waals surface area (Å²) in [7, 11) is 1.68. The van der Waals surface area contributed by atoms with Gasteiger partial charge < -0.3 is 10.1 Å². The standard InChI is InChI=1S/C22H28N2O2S/c1-26-20-10-8-18(9-11-20)5-2-12-24-13-3-6-19(17-24)16-23-22(25)15-21-7-4-14-27-21/h2,4-5,7-11,14,19H,3,6,12-13,15-17H2,1H3,(H,23,25)/b5-2+. The third-order valence-corrected chi connectivity index (χ3v) is 5.77. The molecule has 1 unspecified atom stereocenters. The molecule has 2 heterocycles. The Labute approximate surface area is 165 Å². The van der Waals surface area contributed by atoms with Crippen LogP contribution < -0.4 is 10.1 Å². The van der Waals surface area contributed by atoms with E-state index in [-0.39, 0.29) is 5.91 Å². The number of hydrogen-bond donors (Lipinski definition) is 1. The summed E-state index contributed by atoms with van der Waals surface area (Å²) < 4.78 is 5.19. The lowest BCUT2D eigenvalue weighted by Crippen LogP contribution is -2.41. The molecule has 0 spiro atoms. The molecule has 2 aromatic rings. The summed E-state index contributed by atoms with van der Waals surface area (Å²) in [6.07, 6.45) is 7.27. The molecule has 1 aromatic heterocycles. The van der Waals surface area contributed by atoms with E-state index in [0.717, 1.165) is 36.8 Å². The lowest BCUT2D eigenvalue weighted by Gasteiger charge is -2.32. The molecule has 1 aromatic carbocycles. The van der Waals surface area contributed by atoms with Crippen LogP contribution in [0.3, 0.4) is 0 Å². The van der Waals surface area contributed by atoms with Crippen molar-refractivity contribution in [3.63, 3.8) is 0 Å². The molecule has 144 valence electrons. The van der Waals surface area contributed by atoms with Crippen molar-refractivity contribution in [1.82, 2.24) is 10.2 Å². The van der Waals surface area contributed by atoms with Crippen LogP contribution in [-0.2, 0) is 11.2 Å². The normalized spacial score (nSPS) is 17.9. The Morgan fingerprint density at radius 1 is 1.33 bits per heavy atom. The van der Waals surface area contributed by atoms with Gasteiger partial charge in [-0.05, 0) is 54.4 Å². The second-order valence-electron chi connectivity index (χ2n) is 7.00. The molecule has 1 aliphatic heterocycles. The molecule has 0 bridgehead atoms. The number of nitrogens with zero attached hydrogens (tertiary/aromatic N) is 1. The van der Waals surface area contributed by atoms with Gasteiger partial charge in [0.15, 0.2) is 0 Å². The molecule has 1 aliphatic rings. The maximum absolute atomic E-state index is 12.1. The number of rotatable bonds is 8. The van der Waals surface area contributed by atoms with E-state index in [0.29, 0.717) is 12.3 Å². The topological polar surface area (TPSA) is 41.6 Å². The zero-order valence-electron chi connectivity index (χ0n) is 15.9. The summed E-state index contributed by atoms with van der Waals surface area (Å²) >= 11 is 1.64. The lowest BCUT2D eigenvalue weighted by atomic mass is 9.98. The van der Waals surface area contributed by atoms with Gasteiger partial charge in [-0.3, -0.25) is 9.69 Å². The van der Waals surface area contributed by atoms with E-state index in [1.54, 1.807) is 18.4 Å². The van der Waals surface area contributed by atoms with Crippen LogP contribution in [0, 0.1) is 5.92 Å². The molecule has 3 rings (SSSR count). The molecule has 4 nitrogen and oxygen atoms in total. The molecule has 1 amide bonds. The van der Waals surface area contributed by atoms with Crippen LogP contribution >= 0.6 is 11.3 Å². The number of thiophene rings is 1. The lowest BCUT2D eigenvalue weighted by molar-refractivity contribution is -0.120. The average molecular weight is 385 g/mol. The second kappa shape index (κ2) is 10.3. The number of ether oxygens (including phenoxy) is 1. The fourth-order valence-corrected chi connectivity index (χ4v) is 4.13. The number of likely N-dealkylation sites (tertiary alicyclic amines) is 1. The fourth-order valence-electron chi connectivity index (χ4n) is 3.43. The molecule has 0 aliphatic carbocycles. The zero-order valence-corrected chi connectivity index (χ0v) is 16.7. The number of nitrogens with one attached hydrogen (secondary N) is 1. The maximum atomic E-state index is 12.1. The third-order valence-electron chi connectivity index (χ3n) is 4.90. The minimum absolute atomic E-state index is 0.133. The van der Waals surface area contributed by atoms with Crippen molar-refractivity contribution in [2.45, 2.75) is 19.3 Å². The second-order valence-corrected chi connectivity index (χ2v) is 8.04. The summed E-state index contributed by atoms with van der Waals surface area (Å²) in [4.78, 5) is 15.7. The van der Waals surface area contributed by atoms with Crippen molar-refractivity contribution >= 4 is 23.3 Å². The number of piperidine rings is 1. The highest BCUT2D eigenvalue weighted by atomic mass is 32.1. The van der Waals surface area contributed by atoms with Gasteiger partial charge in [0.2, 0.25) is 5.91 Å². The molecule has 1 N–H and O–H groups in total. The number of benzene rings is 1. The fraction of sp³-hybridized carbons (Fsp3) is 0.409. The zero-order chi connectivity index (χ0) is 18.9. The molecule has 0 radical (unpaired) electrons. The Kier molecular flexibility index (Phi) is 7.48. The first kappa shape index (κ1) is 19.6. The van der Waals surface area contributed by atoms with Crippen LogP contribution in [0.15, 0.2) is 47.9 Å². The monoisotopic (exact) mass is 384 g/mol. The average Bonchev–Trinajstić information content (AvgIpc) is 3.20. The van der Waals surface area contributed by atoms with Crippen LogP contribution in [-0.4, -0.2) is 44.1 Å². The number of hydrogen-bond acceptors (Lipinski definition) is 4. The van der Waals surface area contributed by atoms with Gasteiger partial charge >= 0.3 is 0 Å². The van der Waals surface area contributed by atoms with Crippen molar-refractivity contribution in [3.05, 3.63) is 58.3 Å². The van der Waals surface area contributed by atoms with E-state index in [9.17, 15) is 4.79 Å². The van der Waals surface area contributed by atoms with E-state index < -0.39 is 0 Å². The van der Waals surface area contributed by atoms with E-state index in [4.69, 9.17) is 4.74 Å². The van der Waals surface area contributed by atoms with Crippen LogP contribution in [0.5, 0.6) is 5.75 Å². The summed E-state index contributed by atoms with van der Waals surface area (Å²) in [6, 6.07) is 12.1. The van der Waals surface area contributed by atoms with Crippen LogP contribution in [0.25, 0.3) is 6.08 Å². The first-order chi connectivity index (χ1) is 13.2. The Morgan fingerprint density at radius 3 is 2.93 bits per heavy atom. The van der Waals surface area contributed by atoms with E-state index in [1.807, 2.05) is 29.6 Å². The van der Waals surface area contributed by atoms with Gasteiger partial charge in [-0.1, -0.05) is 30.4 Å². The minimum atomic E-state index is 0.133. The van der Waals surface area contributed by atoms with Crippen molar-refractivity contribution in [1.29, 1.82) is 0 Å². The predicted molar refractivity (Wildman–Crippen MR) is 112 cm³/mol. The molecule has 5 heteroatoms. The van der Waals surface area contributed by atoms with Crippen LogP contribution in [0.4, 0.5) is 0 Å². The first-order valence-electron chi connectivity index (χ1n) is 9.55. The summed E-state index contributed by atoms with van der Waals surface area (Å²) in [6.45, 7) is 3.91.